The minimum Gasteiger partial charge on any atom is -0.372 e. The molecule has 1 atom stereocenters. The van der Waals surface area contributed by atoms with E-state index in [2.05, 4.69) is 42.1 Å². The number of benzene rings is 1. The summed E-state index contributed by atoms with van der Waals surface area (Å²) in [6.45, 7) is 4.63. The summed E-state index contributed by atoms with van der Waals surface area (Å²) < 4.78 is 0. The van der Waals surface area contributed by atoms with Gasteiger partial charge in [-0.05, 0) is 36.6 Å². The van der Waals surface area contributed by atoms with Crippen LogP contribution in [0.15, 0.2) is 42.6 Å². The standard InChI is InChI=1S/C20H23N3O/c1-15-6-3-4-7-16(15)12-18(24)23-11-9-20(14-23)13-22(2)17-8-5-10-21-19(17)20/h3-8,10H,9,11-14H2,1-2H3/t20-/m0/s1. The highest BCUT2D eigenvalue weighted by atomic mass is 16.2. The Kier molecular flexibility index (Phi) is 3.56. The zero-order valence-electron chi connectivity index (χ0n) is 14.3. The van der Waals surface area contributed by atoms with Crippen LogP contribution in [-0.2, 0) is 16.6 Å². The largest absolute Gasteiger partial charge is 0.372 e. The third-order valence-electron chi connectivity index (χ3n) is 5.55. The van der Waals surface area contributed by atoms with Crippen molar-refractivity contribution in [1.82, 2.24) is 9.88 Å². The van der Waals surface area contributed by atoms with Crippen LogP contribution in [0.1, 0.15) is 23.2 Å². The predicted molar refractivity (Wildman–Crippen MR) is 95.3 cm³/mol. The Hall–Kier alpha value is -2.36. The van der Waals surface area contributed by atoms with Crippen molar-refractivity contribution >= 4 is 11.6 Å². The van der Waals surface area contributed by atoms with E-state index in [0.29, 0.717) is 6.42 Å². The molecule has 1 saturated heterocycles. The number of pyridine rings is 1. The Labute approximate surface area is 143 Å². The molecule has 1 aromatic heterocycles. The molecule has 1 aromatic carbocycles. The molecule has 4 heteroatoms. The van der Waals surface area contributed by atoms with Crippen molar-refractivity contribution in [2.75, 3.05) is 31.6 Å². The van der Waals surface area contributed by atoms with Gasteiger partial charge in [-0.2, -0.15) is 0 Å². The fourth-order valence-corrected chi connectivity index (χ4v) is 4.22. The number of anilines is 1. The molecule has 0 N–H and O–H groups in total. The molecule has 1 amide bonds. The summed E-state index contributed by atoms with van der Waals surface area (Å²) in [5, 5.41) is 0. The summed E-state index contributed by atoms with van der Waals surface area (Å²) in [7, 11) is 2.12. The Bertz CT molecular complexity index is 788. The van der Waals surface area contributed by atoms with Crippen molar-refractivity contribution in [3.8, 4) is 0 Å². The van der Waals surface area contributed by atoms with Gasteiger partial charge in [0.2, 0.25) is 5.91 Å². The molecule has 1 spiro atoms. The van der Waals surface area contributed by atoms with Crippen molar-refractivity contribution in [2.45, 2.75) is 25.2 Å². The number of aryl methyl sites for hydroxylation is 1. The molecule has 4 rings (SSSR count). The third kappa shape index (κ3) is 2.37. The highest BCUT2D eigenvalue weighted by Gasteiger charge is 2.48. The van der Waals surface area contributed by atoms with Gasteiger partial charge in [0.05, 0.1) is 23.2 Å². The minimum absolute atomic E-state index is 0.00668. The maximum Gasteiger partial charge on any atom is 0.227 e. The van der Waals surface area contributed by atoms with Gasteiger partial charge in [-0.1, -0.05) is 24.3 Å². The van der Waals surface area contributed by atoms with E-state index in [9.17, 15) is 4.79 Å². The van der Waals surface area contributed by atoms with Crippen molar-refractivity contribution in [1.29, 1.82) is 0 Å². The fraction of sp³-hybridized carbons (Fsp3) is 0.400. The molecule has 2 aliphatic heterocycles. The fourth-order valence-electron chi connectivity index (χ4n) is 4.22. The molecular weight excluding hydrogens is 298 g/mol. The number of carbonyl (C=O) groups excluding carboxylic acids is 1. The van der Waals surface area contributed by atoms with Crippen molar-refractivity contribution < 1.29 is 4.79 Å². The van der Waals surface area contributed by atoms with Crippen LogP contribution in [0, 0.1) is 6.92 Å². The van der Waals surface area contributed by atoms with Crippen LogP contribution in [0.25, 0.3) is 0 Å². The monoisotopic (exact) mass is 321 g/mol. The molecule has 0 unspecified atom stereocenters. The summed E-state index contributed by atoms with van der Waals surface area (Å²) in [6.07, 6.45) is 3.37. The Morgan fingerprint density at radius 2 is 2.04 bits per heavy atom. The van der Waals surface area contributed by atoms with Gasteiger partial charge in [-0.3, -0.25) is 9.78 Å². The van der Waals surface area contributed by atoms with E-state index < -0.39 is 0 Å². The lowest BCUT2D eigenvalue weighted by atomic mass is 9.85. The van der Waals surface area contributed by atoms with Gasteiger partial charge < -0.3 is 9.80 Å². The lowest BCUT2D eigenvalue weighted by Crippen LogP contribution is -2.38. The van der Waals surface area contributed by atoms with Crippen LogP contribution in [0.3, 0.4) is 0 Å². The second-order valence-corrected chi connectivity index (χ2v) is 7.18. The quantitative estimate of drug-likeness (QED) is 0.853. The van der Waals surface area contributed by atoms with Gasteiger partial charge in [0.1, 0.15) is 0 Å². The zero-order chi connectivity index (χ0) is 16.7. The van der Waals surface area contributed by atoms with E-state index in [1.54, 1.807) is 0 Å². The molecule has 0 bridgehead atoms. The number of fused-ring (bicyclic) bond motifs is 2. The zero-order valence-corrected chi connectivity index (χ0v) is 14.3. The van der Waals surface area contributed by atoms with Crippen LogP contribution >= 0.6 is 0 Å². The summed E-state index contributed by atoms with van der Waals surface area (Å²) in [6, 6.07) is 12.3. The van der Waals surface area contributed by atoms with Gasteiger partial charge in [-0.15, -0.1) is 0 Å². The average Bonchev–Trinajstić information content (AvgIpc) is 3.13. The van der Waals surface area contributed by atoms with Crippen LogP contribution in [-0.4, -0.2) is 42.5 Å². The Morgan fingerprint density at radius 1 is 1.21 bits per heavy atom. The number of rotatable bonds is 2. The van der Waals surface area contributed by atoms with Crippen molar-refractivity contribution in [2.24, 2.45) is 0 Å². The average molecular weight is 321 g/mol. The number of nitrogens with zero attached hydrogens (tertiary/aromatic N) is 3. The summed E-state index contributed by atoms with van der Waals surface area (Å²) in [5.41, 5.74) is 4.70. The maximum absolute atomic E-state index is 12.8. The highest BCUT2D eigenvalue weighted by Crippen LogP contribution is 2.44. The lowest BCUT2D eigenvalue weighted by molar-refractivity contribution is -0.129. The normalized spacial score (nSPS) is 22.2. The van der Waals surface area contributed by atoms with Crippen LogP contribution in [0.5, 0.6) is 0 Å². The lowest BCUT2D eigenvalue weighted by Gasteiger charge is -2.24. The molecule has 2 aliphatic rings. The number of carbonyl (C=O) groups is 1. The first kappa shape index (κ1) is 15.2. The van der Waals surface area contributed by atoms with Crippen LogP contribution in [0.4, 0.5) is 5.69 Å². The molecule has 4 nitrogen and oxygen atoms in total. The van der Waals surface area contributed by atoms with Crippen LogP contribution < -0.4 is 4.90 Å². The van der Waals surface area contributed by atoms with Crippen LogP contribution in [0.2, 0.25) is 0 Å². The summed E-state index contributed by atoms with van der Waals surface area (Å²) >= 11 is 0. The maximum atomic E-state index is 12.8. The van der Waals surface area contributed by atoms with Gasteiger partial charge in [0, 0.05) is 32.9 Å². The second-order valence-electron chi connectivity index (χ2n) is 7.18. The van der Waals surface area contributed by atoms with E-state index in [1.807, 2.05) is 29.3 Å². The predicted octanol–water partition coefficient (Wildman–Crippen LogP) is 2.55. The minimum atomic E-state index is 0.00668. The molecule has 24 heavy (non-hydrogen) atoms. The molecule has 1 fully saturated rings. The molecule has 0 saturated carbocycles. The van der Waals surface area contributed by atoms with E-state index in [-0.39, 0.29) is 11.3 Å². The number of aromatic nitrogens is 1. The smallest absolute Gasteiger partial charge is 0.227 e. The number of hydrogen-bond donors (Lipinski definition) is 0. The van der Waals surface area contributed by atoms with E-state index in [1.165, 1.54) is 16.9 Å². The molecular formula is C20H23N3O. The molecule has 2 aromatic rings. The Morgan fingerprint density at radius 3 is 2.88 bits per heavy atom. The number of amides is 1. The van der Waals surface area contributed by atoms with Gasteiger partial charge in [0.25, 0.3) is 0 Å². The van der Waals surface area contributed by atoms with Crippen molar-refractivity contribution in [3.63, 3.8) is 0 Å². The topological polar surface area (TPSA) is 36.4 Å². The molecule has 0 radical (unpaired) electrons. The molecule has 124 valence electrons. The summed E-state index contributed by atoms with van der Waals surface area (Å²) in [5.74, 6) is 0.230. The first-order chi connectivity index (χ1) is 11.6. The SMILES string of the molecule is Cc1ccccc1CC(=O)N1CC[C@@]2(C1)CN(C)c1cccnc12. The Balaban J connectivity index is 1.53. The van der Waals surface area contributed by atoms with Gasteiger partial charge >= 0.3 is 0 Å². The van der Waals surface area contributed by atoms with Gasteiger partial charge in [-0.25, -0.2) is 0 Å². The van der Waals surface area contributed by atoms with Crippen molar-refractivity contribution in [3.05, 3.63) is 59.4 Å². The molecule has 0 aliphatic carbocycles. The van der Waals surface area contributed by atoms with Gasteiger partial charge in [0.15, 0.2) is 0 Å². The number of hydrogen-bond acceptors (Lipinski definition) is 3. The van der Waals surface area contributed by atoms with E-state index in [0.717, 1.165) is 31.6 Å². The third-order valence-corrected chi connectivity index (χ3v) is 5.55. The first-order valence-electron chi connectivity index (χ1n) is 8.58. The second kappa shape index (κ2) is 5.62. The number of likely N-dealkylation sites (tertiary alicyclic amines) is 1. The summed E-state index contributed by atoms with van der Waals surface area (Å²) in [4.78, 5) is 21.8. The molecule has 3 heterocycles. The highest BCUT2D eigenvalue weighted by molar-refractivity contribution is 5.80. The van der Waals surface area contributed by atoms with E-state index >= 15 is 0 Å². The van der Waals surface area contributed by atoms with E-state index in [4.69, 9.17) is 0 Å². The number of likely N-dealkylation sites (N-methyl/N-ethyl adjacent to an activating group) is 1. The first-order valence-corrected chi connectivity index (χ1v) is 8.58.